The van der Waals surface area contributed by atoms with Gasteiger partial charge in [0.2, 0.25) is 0 Å². The predicted molar refractivity (Wildman–Crippen MR) is 245 cm³/mol. The molecule has 0 bridgehead atoms. The van der Waals surface area contributed by atoms with Gasteiger partial charge in [0.25, 0.3) is 10.0 Å². The van der Waals surface area contributed by atoms with Gasteiger partial charge in [-0.25, -0.2) is 8.42 Å². The van der Waals surface area contributed by atoms with Gasteiger partial charge >= 0.3 is 0 Å². The van der Waals surface area contributed by atoms with Gasteiger partial charge in [0.05, 0.1) is 15.4 Å². The van der Waals surface area contributed by atoms with E-state index in [2.05, 4.69) is 69.0 Å². The van der Waals surface area contributed by atoms with Crippen molar-refractivity contribution in [2.45, 2.75) is 161 Å². The Balaban J connectivity index is 0.00000297. The Kier molecular flexibility index (Phi) is 19.9. The lowest BCUT2D eigenvalue weighted by atomic mass is 9.93. The summed E-state index contributed by atoms with van der Waals surface area (Å²) in [6, 6.07) is 13.0. The van der Waals surface area contributed by atoms with E-state index in [1.54, 1.807) is 22.7 Å². The standard InChI is InChI=1S/C42H61NO2S5.H4P2/c1-5-7-9-11-13-15-16-18-20-22-24-34(23-21-19-17-14-12-10-8-6-2)31-43-35-30-39(38-28-27-37(48-38)36-26-25-32(3)46-36)49-41(35)42-40(50(43,44)45)29-33(4)47-42;1-2/h25-30,34H,5-24,31H2,1-4H3;1-2H2. The smallest absolute Gasteiger partial charge is 0.264 e. The quantitative estimate of drug-likeness (QED) is 0.0521. The van der Waals surface area contributed by atoms with Crippen LogP contribution in [-0.2, 0) is 10.0 Å². The molecule has 4 aromatic rings. The van der Waals surface area contributed by atoms with Crippen molar-refractivity contribution in [2.24, 2.45) is 5.92 Å². The van der Waals surface area contributed by atoms with Crippen molar-refractivity contribution in [3.63, 3.8) is 0 Å². The molecule has 290 valence electrons. The molecule has 4 aromatic heterocycles. The normalized spacial score (nSPS) is 13.8. The minimum atomic E-state index is -3.62. The molecule has 0 aromatic carbocycles. The average Bonchev–Trinajstić information content (AvgIpc) is 3.95. The molecular formula is C42H65NO2P2S5. The first-order chi connectivity index (χ1) is 25.3. The summed E-state index contributed by atoms with van der Waals surface area (Å²) in [5.41, 5.74) is 0.908. The van der Waals surface area contributed by atoms with Crippen LogP contribution in [0.3, 0.4) is 0 Å². The minimum absolute atomic E-state index is 0.381. The molecule has 3 unspecified atom stereocenters. The van der Waals surface area contributed by atoms with Gasteiger partial charge in [-0.2, -0.15) is 0 Å². The lowest BCUT2D eigenvalue weighted by molar-refractivity contribution is 0.409. The summed E-state index contributed by atoms with van der Waals surface area (Å²) in [6.07, 6.45) is 26.0. The first-order valence-electron chi connectivity index (χ1n) is 20.1. The van der Waals surface area contributed by atoms with Gasteiger partial charge in [0, 0.05) is 35.8 Å². The lowest BCUT2D eigenvalue weighted by Gasteiger charge is -2.32. The Morgan fingerprint density at radius 2 is 1.04 bits per heavy atom. The number of thiophene rings is 4. The van der Waals surface area contributed by atoms with E-state index >= 15 is 0 Å². The van der Waals surface area contributed by atoms with Crippen LogP contribution in [0.4, 0.5) is 5.69 Å². The number of hydrogen-bond acceptors (Lipinski definition) is 6. The molecule has 1 aliphatic heterocycles. The molecule has 5 heterocycles. The van der Waals surface area contributed by atoms with Crippen LogP contribution in [0.15, 0.2) is 41.3 Å². The van der Waals surface area contributed by atoms with Crippen molar-refractivity contribution in [1.29, 1.82) is 0 Å². The highest BCUT2D eigenvalue weighted by atomic mass is 32.2. The molecule has 0 spiro atoms. The third-order valence-electron chi connectivity index (χ3n) is 10.3. The second kappa shape index (κ2) is 23.5. The van der Waals surface area contributed by atoms with Gasteiger partial charge in [-0.05, 0) is 69.0 Å². The number of sulfonamides is 1. The highest BCUT2D eigenvalue weighted by molar-refractivity contribution is 7.93. The van der Waals surface area contributed by atoms with Crippen LogP contribution in [0.1, 0.15) is 152 Å². The number of fused-ring (bicyclic) bond motifs is 3. The zero-order valence-electron chi connectivity index (χ0n) is 32.4. The molecule has 0 amide bonds. The molecule has 0 saturated carbocycles. The van der Waals surface area contributed by atoms with Gasteiger partial charge < -0.3 is 0 Å². The molecule has 0 aliphatic carbocycles. The minimum Gasteiger partial charge on any atom is -0.264 e. The highest BCUT2D eigenvalue weighted by Gasteiger charge is 2.39. The van der Waals surface area contributed by atoms with Gasteiger partial charge in [-0.15, -0.1) is 63.2 Å². The SMILES string of the molecule is CCCCCCCCCCCCC(CCCCCCCCCC)CN1c2cc(-c3ccc(-c4ccc(C)s4)s3)sc2-c2sc(C)cc2S1(=O)=O.PP. The molecule has 10 heteroatoms. The van der Waals surface area contributed by atoms with Crippen molar-refractivity contribution in [2.75, 3.05) is 10.8 Å². The first kappa shape index (κ1) is 44.1. The first-order valence-corrected chi connectivity index (χ1v) is 27.5. The van der Waals surface area contributed by atoms with E-state index in [1.807, 2.05) is 40.0 Å². The van der Waals surface area contributed by atoms with E-state index in [9.17, 15) is 8.42 Å². The van der Waals surface area contributed by atoms with Crippen molar-refractivity contribution >= 4 is 78.9 Å². The van der Waals surface area contributed by atoms with Crippen LogP contribution in [-0.4, -0.2) is 15.0 Å². The summed E-state index contributed by atoms with van der Waals surface area (Å²) in [4.78, 5) is 9.95. The van der Waals surface area contributed by atoms with Crippen molar-refractivity contribution in [3.8, 4) is 29.3 Å². The van der Waals surface area contributed by atoms with E-state index in [0.717, 1.165) is 33.2 Å². The van der Waals surface area contributed by atoms with Crippen molar-refractivity contribution in [1.82, 2.24) is 0 Å². The van der Waals surface area contributed by atoms with Crippen LogP contribution in [0, 0.1) is 19.8 Å². The summed E-state index contributed by atoms with van der Waals surface area (Å²) in [5, 5.41) is 0. The van der Waals surface area contributed by atoms with Gasteiger partial charge in [-0.1, -0.05) is 129 Å². The number of aryl methyl sites for hydroxylation is 2. The molecule has 3 atom stereocenters. The fraction of sp³-hybridized carbons (Fsp3) is 0.619. The number of nitrogens with zero attached hydrogens (tertiary/aromatic N) is 1. The summed E-state index contributed by atoms with van der Waals surface area (Å²) in [7, 11) is 1.05. The van der Waals surface area contributed by atoms with Crippen LogP contribution < -0.4 is 4.31 Å². The van der Waals surface area contributed by atoms with E-state index in [4.69, 9.17) is 0 Å². The van der Waals surface area contributed by atoms with Crippen molar-refractivity contribution < 1.29 is 8.42 Å². The molecule has 1 aliphatic rings. The van der Waals surface area contributed by atoms with Crippen LogP contribution in [0.25, 0.3) is 29.3 Å². The molecule has 0 radical (unpaired) electrons. The second-order valence-corrected chi connectivity index (χ2v) is 21.1. The topological polar surface area (TPSA) is 37.4 Å². The Bertz CT molecular complexity index is 1700. The van der Waals surface area contributed by atoms with Crippen LogP contribution in [0.2, 0.25) is 0 Å². The largest absolute Gasteiger partial charge is 0.265 e. The van der Waals surface area contributed by atoms with Crippen LogP contribution >= 0.6 is 63.2 Å². The van der Waals surface area contributed by atoms with Gasteiger partial charge in [0.1, 0.15) is 4.90 Å². The number of anilines is 1. The molecule has 0 N–H and O–H groups in total. The van der Waals surface area contributed by atoms with Gasteiger partial charge in [0.15, 0.2) is 0 Å². The molecule has 52 heavy (non-hydrogen) atoms. The number of unbranched alkanes of at least 4 members (excludes halogenated alkanes) is 16. The third-order valence-corrected chi connectivity index (χ3v) is 17.0. The maximum atomic E-state index is 14.4. The molecule has 0 fully saturated rings. The fourth-order valence-electron chi connectivity index (χ4n) is 7.35. The Morgan fingerprint density at radius 3 is 1.56 bits per heavy atom. The Morgan fingerprint density at radius 1 is 0.558 bits per heavy atom. The fourth-order valence-corrected chi connectivity index (χ4v) is 14.0. The summed E-state index contributed by atoms with van der Waals surface area (Å²) in [5.74, 6) is 0.381. The highest BCUT2D eigenvalue weighted by Crippen LogP contribution is 2.54. The molecule has 0 saturated heterocycles. The van der Waals surface area contributed by atoms with E-state index < -0.39 is 10.0 Å². The van der Waals surface area contributed by atoms with Crippen molar-refractivity contribution in [3.05, 3.63) is 46.2 Å². The summed E-state index contributed by atoms with van der Waals surface area (Å²) in [6.45, 7) is 9.36. The van der Waals surface area contributed by atoms with Crippen LogP contribution in [0.5, 0.6) is 0 Å². The monoisotopic (exact) mass is 837 g/mol. The maximum Gasteiger partial charge on any atom is 0.265 e. The number of hydrogen-bond donors (Lipinski definition) is 0. The van der Waals surface area contributed by atoms with Gasteiger partial charge in [-0.3, -0.25) is 4.31 Å². The lowest BCUT2D eigenvalue weighted by Crippen LogP contribution is -2.37. The van der Waals surface area contributed by atoms with E-state index in [0.29, 0.717) is 17.4 Å². The molecule has 5 rings (SSSR count). The zero-order valence-corrected chi connectivity index (χ0v) is 38.7. The zero-order chi connectivity index (χ0) is 37.3. The average molecular weight is 838 g/mol. The Labute approximate surface area is 338 Å². The predicted octanol–water partition coefficient (Wildman–Crippen LogP) is 16.2. The Hall–Kier alpha value is -0.590. The molecule has 3 nitrogen and oxygen atoms in total. The van der Waals surface area contributed by atoms with E-state index in [-0.39, 0.29) is 0 Å². The molecular weight excluding hydrogens is 773 g/mol. The summed E-state index contributed by atoms with van der Waals surface area (Å²) >= 11 is 7.06. The van der Waals surface area contributed by atoms with E-state index in [1.165, 1.54) is 140 Å². The number of rotatable bonds is 24. The summed E-state index contributed by atoms with van der Waals surface area (Å²) < 4.78 is 30.7. The maximum absolute atomic E-state index is 14.4. The second-order valence-electron chi connectivity index (χ2n) is 14.6. The third kappa shape index (κ3) is 12.7.